The molecule has 3 rings (SSSR count). The van der Waals surface area contributed by atoms with Crippen LogP contribution < -0.4 is 0 Å². The molecular weight excluding hydrogens is 326 g/mol. The quantitative estimate of drug-likeness (QED) is 0.819. The van der Waals surface area contributed by atoms with Crippen LogP contribution in [-0.2, 0) is 16.8 Å². The lowest BCUT2D eigenvalue weighted by atomic mass is 10.2. The molecule has 0 bridgehead atoms. The Labute approximate surface area is 143 Å². The van der Waals surface area contributed by atoms with E-state index >= 15 is 0 Å². The average Bonchev–Trinajstić information content (AvgIpc) is 2.56. The van der Waals surface area contributed by atoms with Crippen LogP contribution in [0.5, 0.6) is 0 Å². The van der Waals surface area contributed by atoms with Gasteiger partial charge in [-0.3, -0.25) is 4.90 Å². The van der Waals surface area contributed by atoms with E-state index in [1.807, 2.05) is 31.2 Å². The van der Waals surface area contributed by atoms with Crippen LogP contribution in [0.1, 0.15) is 11.4 Å². The van der Waals surface area contributed by atoms with Crippen molar-refractivity contribution in [1.29, 1.82) is 0 Å². The van der Waals surface area contributed by atoms with E-state index < -0.39 is 10.2 Å². The van der Waals surface area contributed by atoms with Crippen molar-refractivity contribution in [3.05, 3.63) is 35.7 Å². The van der Waals surface area contributed by atoms with Crippen molar-refractivity contribution >= 4 is 21.2 Å². The van der Waals surface area contributed by atoms with Gasteiger partial charge in [-0.15, -0.1) is 0 Å². The molecule has 1 saturated heterocycles. The van der Waals surface area contributed by atoms with Gasteiger partial charge in [-0.05, 0) is 19.1 Å². The highest BCUT2D eigenvalue weighted by molar-refractivity contribution is 7.86. The SMILES string of the molecule is Cc1nc2ccccc2nc1CN1CCN(S(=O)(=O)N(C)C)CC1. The molecule has 0 radical (unpaired) electrons. The zero-order chi connectivity index (χ0) is 17.3. The van der Waals surface area contributed by atoms with Crippen LogP contribution in [0.3, 0.4) is 0 Å². The van der Waals surface area contributed by atoms with Crippen LogP contribution >= 0.6 is 0 Å². The third kappa shape index (κ3) is 3.41. The lowest BCUT2D eigenvalue weighted by molar-refractivity contribution is 0.175. The first kappa shape index (κ1) is 17.2. The molecule has 8 heteroatoms. The monoisotopic (exact) mass is 349 g/mol. The summed E-state index contributed by atoms with van der Waals surface area (Å²) in [6, 6.07) is 7.85. The number of hydrogen-bond acceptors (Lipinski definition) is 5. The van der Waals surface area contributed by atoms with Gasteiger partial charge in [0.25, 0.3) is 10.2 Å². The number of aryl methyl sites for hydroxylation is 1. The number of benzene rings is 1. The molecule has 1 aromatic carbocycles. The van der Waals surface area contributed by atoms with Crippen LogP contribution in [0.4, 0.5) is 0 Å². The van der Waals surface area contributed by atoms with E-state index in [1.54, 1.807) is 14.1 Å². The smallest absolute Gasteiger partial charge is 0.281 e. The lowest BCUT2D eigenvalue weighted by Gasteiger charge is -2.35. The predicted octanol–water partition coefficient (Wildman–Crippen LogP) is 0.862. The molecule has 0 amide bonds. The molecule has 0 saturated carbocycles. The molecule has 0 spiro atoms. The molecule has 130 valence electrons. The first-order valence-electron chi connectivity index (χ1n) is 8.00. The largest absolute Gasteiger partial charge is 0.295 e. The number of nitrogens with zero attached hydrogens (tertiary/aromatic N) is 5. The average molecular weight is 349 g/mol. The van der Waals surface area contributed by atoms with Gasteiger partial charge in [-0.1, -0.05) is 12.1 Å². The molecule has 2 aromatic rings. The lowest BCUT2D eigenvalue weighted by Crippen LogP contribution is -2.51. The van der Waals surface area contributed by atoms with Gasteiger partial charge in [0.2, 0.25) is 0 Å². The second-order valence-corrected chi connectivity index (χ2v) is 8.35. The van der Waals surface area contributed by atoms with Gasteiger partial charge in [0, 0.05) is 46.8 Å². The number of fused-ring (bicyclic) bond motifs is 1. The van der Waals surface area contributed by atoms with Crippen LogP contribution in [0, 0.1) is 6.92 Å². The first-order chi connectivity index (χ1) is 11.4. The summed E-state index contributed by atoms with van der Waals surface area (Å²) >= 11 is 0. The van der Waals surface area contributed by atoms with Gasteiger partial charge in [-0.2, -0.15) is 17.0 Å². The van der Waals surface area contributed by atoms with Crippen molar-refractivity contribution in [2.75, 3.05) is 40.3 Å². The molecule has 24 heavy (non-hydrogen) atoms. The predicted molar refractivity (Wildman–Crippen MR) is 93.7 cm³/mol. The van der Waals surface area contributed by atoms with Crippen molar-refractivity contribution < 1.29 is 8.42 Å². The van der Waals surface area contributed by atoms with E-state index in [-0.39, 0.29) is 0 Å². The van der Waals surface area contributed by atoms with E-state index in [0.717, 1.165) is 22.4 Å². The van der Waals surface area contributed by atoms with Gasteiger partial charge in [0.15, 0.2) is 0 Å². The summed E-state index contributed by atoms with van der Waals surface area (Å²) in [5.41, 5.74) is 3.68. The highest BCUT2D eigenvalue weighted by atomic mass is 32.2. The standard InChI is InChI=1S/C16H23N5O2S/c1-13-16(18-15-7-5-4-6-14(15)17-13)12-20-8-10-21(11-9-20)24(22,23)19(2)3/h4-7H,8-12H2,1-3H3. The Morgan fingerprint density at radius 1 is 1.04 bits per heavy atom. The molecule has 0 atom stereocenters. The molecule has 1 aliphatic heterocycles. The second kappa shape index (κ2) is 6.72. The van der Waals surface area contributed by atoms with E-state index in [4.69, 9.17) is 4.98 Å². The van der Waals surface area contributed by atoms with E-state index in [1.165, 1.54) is 8.61 Å². The minimum atomic E-state index is -3.32. The summed E-state index contributed by atoms with van der Waals surface area (Å²) in [6.07, 6.45) is 0. The number of para-hydroxylation sites is 2. The number of rotatable bonds is 4. The summed E-state index contributed by atoms with van der Waals surface area (Å²) in [5.74, 6) is 0. The Bertz CT molecular complexity index is 829. The Morgan fingerprint density at radius 2 is 1.62 bits per heavy atom. The summed E-state index contributed by atoms with van der Waals surface area (Å²) in [6.45, 7) is 5.06. The fraction of sp³-hybridized carbons (Fsp3) is 0.500. The summed E-state index contributed by atoms with van der Waals surface area (Å²) in [7, 11) is -0.191. The van der Waals surface area contributed by atoms with E-state index in [2.05, 4.69) is 9.88 Å². The molecular formula is C16H23N5O2S. The van der Waals surface area contributed by atoms with E-state index in [9.17, 15) is 8.42 Å². The third-order valence-electron chi connectivity index (χ3n) is 4.34. The van der Waals surface area contributed by atoms with Crippen molar-refractivity contribution in [3.8, 4) is 0 Å². The molecule has 1 fully saturated rings. The number of piperazine rings is 1. The van der Waals surface area contributed by atoms with Crippen LogP contribution in [0.15, 0.2) is 24.3 Å². The number of aromatic nitrogens is 2. The number of hydrogen-bond donors (Lipinski definition) is 0. The molecule has 0 N–H and O–H groups in total. The molecule has 1 aliphatic rings. The van der Waals surface area contributed by atoms with Crippen molar-refractivity contribution in [1.82, 2.24) is 23.5 Å². The normalized spacial score (nSPS) is 17.7. The van der Waals surface area contributed by atoms with Crippen molar-refractivity contribution in [2.45, 2.75) is 13.5 Å². The molecule has 1 aromatic heterocycles. The highest BCUT2D eigenvalue weighted by Gasteiger charge is 2.28. The van der Waals surface area contributed by atoms with Crippen LogP contribution in [-0.4, -0.2) is 72.2 Å². The summed E-state index contributed by atoms with van der Waals surface area (Å²) in [4.78, 5) is 11.6. The highest BCUT2D eigenvalue weighted by Crippen LogP contribution is 2.16. The Morgan fingerprint density at radius 3 is 2.21 bits per heavy atom. The Kier molecular flexibility index (Phi) is 4.82. The Balaban J connectivity index is 1.69. The molecule has 0 aliphatic carbocycles. The summed E-state index contributed by atoms with van der Waals surface area (Å²) < 4.78 is 27.1. The first-order valence-corrected chi connectivity index (χ1v) is 9.40. The minimum Gasteiger partial charge on any atom is -0.295 e. The van der Waals surface area contributed by atoms with Crippen LogP contribution in [0.25, 0.3) is 11.0 Å². The topological polar surface area (TPSA) is 69.6 Å². The molecule has 2 heterocycles. The molecule has 7 nitrogen and oxygen atoms in total. The summed E-state index contributed by atoms with van der Waals surface area (Å²) in [5, 5.41) is 0. The van der Waals surface area contributed by atoms with Crippen molar-refractivity contribution in [3.63, 3.8) is 0 Å². The Hall–Kier alpha value is -1.61. The minimum absolute atomic E-state index is 0.501. The van der Waals surface area contributed by atoms with Gasteiger partial charge in [0.1, 0.15) is 0 Å². The van der Waals surface area contributed by atoms with E-state index in [0.29, 0.717) is 32.7 Å². The zero-order valence-corrected chi connectivity index (χ0v) is 15.1. The molecule has 0 unspecified atom stereocenters. The van der Waals surface area contributed by atoms with Gasteiger partial charge in [-0.25, -0.2) is 9.97 Å². The zero-order valence-electron chi connectivity index (χ0n) is 14.3. The van der Waals surface area contributed by atoms with Crippen LogP contribution in [0.2, 0.25) is 0 Å². The fourth-order valence-corrected chi connectivity index (χ4v) is 3.92. The van der Waals surface area contributed by atoms with Gasteiger partial charge >= 0.3 is 0 Å². The maximum absolute atomic E-state index is 12.2. The second-order valence-electron chi connectivity index (χ2n) is 6.21. The van der Waals surface area contributed by atoms with Gasteiger partial charge in [0.05, 0.1) is 22.4 Å². The third-order valence-corrected chi connectivity index (χ3v) is 6.28. The fourth-order valence-electron chi connectivity index (χ4n) is 2.84. The maximum Gasteiger partial charge on any atom is 0.281 e. The maximum atomic E-state index is 12.2. The van der Waals surface area contributed by atoms with Gasteiger partial charge < -0.3 is 0 Å². The van der Waals surface area contributed by atoms with Crippen molar-refractivity contribution in [2.24, 2.45) is 0 Å².